The molecule has 0 bridgehead atoms. The Morgan fingerprint density at radius 2 is 1.90 bits per heavy atom. The van der Waals surface area contributed by atoms with Gasteiger partial charge in [0.15, 0.2) is 0 Å². The topological polar surface area (TPSA) is 34.2 Å². The number of hydrogen-bond donors (Lipinski definition) is 1. The summed E-state index contributed by atoms with van der Waals surface area (Å²) in [4.78, 5) is 3.90. The van der Waals surface area contributed by atoms with Gasteiger partial charge in [-0.05, 0) is 36.8 Å². The number of nitrogens with one attached hydrogen (secondary N) is 1. The van der Waals surface area contributed by atoms with Crippen LogP contribution in [0.3, 0.4) is 0 Å². The molecule has 3 nitrogen and oxygen atoms in total. The summed E-state index contributed by atoms with van der Waals surface area (Å²) in [5.41, 5.74) is 1.78. The van der Waals surface area contributed by atoms with Crippen molar-refractivity contribution in [3.63, 3.8) is 0 Å². The summed E-state index contributed by atoms with van der Waals surface area (Å²) < 4.78 is 28.4. The van der Waals surface area contributed by atoms with E-state index in [1.165, 1.54) is 12.1 Å². The highest BCUT2D eigenvalue weighted by Crippen LogP contribution is 2.23. The van der Waals surface area contributed by atoms with Gasteiger partial charge in [0.05, 0.1) is 0 Å². The van der Waals surface area contributed by atoms with Crippen LogP contribution >= 0.6 is 11.6 Å². The number of alkyl halides is 2. The highest BCUT2D eigenvalue weighted by Gasteiger charge is 2.08. The first-order valence-corrected chi connectivity index (χ1v) is 6.35. The number of anilines is 1. The summed E-state index contributed by atoms with van der Waals surface area (Å²) in [6.45, 7) is -0.854. The summed E-state index contributed by atoms with van der Waals surface area (Å²) >= 11 is 5.80. The van der Waals surface area contributed by atoms with Crippen molar-refractivity contribution in [1.29, 1.82) is 0 Å². The van der Waals surface area contributed by atoms with Crippen molar-refractivity contribution in [3.8, 4) is 5.75 Å². The third-order valence-electron chi connectivity index (χ3n) is 2.72. The Morgan fingerprint density at radius 3 is 2.50 bits per heavy atom. The lowest BCUT2D eigenvalue weighted by Gasteiger charge is -2.16. The molecule has 0 fully saturated rings. The average molecular weight is 299 g/mol. The minimum Gasteiger partial charge on any atom is -0.435 e. The van der Waals surface area contributed by atoms with E-state index >= 15 is 0 Å². The van der Waals surface area contributed by atoms with Crippen LogP contribution in [0.15, 0.2) is 42.6 Å². The maximum absolute atomic E-state index is 12.1. The van der Waals surface area contributed by atoms with Gasteiger partial charge in [-0.25, -0.2) is 4.98 Å². The molecule has 2 rings (SSSR count). The summed E-state index contributed by atoms with van der Waals surface area (Å²) in [7, 11) is 0. The van der Waals surface area contributed by atoms with Crippen molar-refractivity contribution in [2.24, 2.45) is 0 Å². The highest BCUT2D eigenvalue weighted by molar-refractivity contribution is 6.29. The minimum atomic E-state index is -2.81. The Balaban J connectivity index is 2.03. The van der Waals surface area contributed by atoms with E-state index in [9.17, 15) is 8.78 Å². The van der Waals surface area contributed by atoms with Crippen LogP contribution in [0, 0.1) is 0 Å². The second-order valence-electron chi connectivity index (χ2n) is 4.18. The predicted octanol–water partition coefficient (Wildman–Crippen LogP) is 4.51. The molecular weight excluding hydrogens is 286 g/mol. The molecule has 1 aromatic heterocycles. The number of rotatable bonds is 5. The van der Waals surface area contributed by atoms with E-state index in [4.69, 9.17) is 11.6 Å². The number of ether oxygens (including phenoxy) is 1. The SMILES string of the molecule is CC(Nc1ccnc(Cl)c1)c1ccc(OC(F)F)cc1. The molecule has 0 radical (unpaired) electrons. The molecule has 1 heterocycles. The van der Waals surface area contributed by atoms with Crippen LogP contribution in [0.25, 0.3) is 0 Å². The Hall–Kier alpha value is -1.88. The number of aromatic nitrogens is 1. The fourth-order valence-corrected chi connectivity index (χ4v) is 1.94. The number of nitrogens with zero attached hydrogens (tertiary/aromatic N) is 1. The first-order valence-electron chi connectivity index (χ1n) is 5.97. The third-order valence-corrected chi connectivity index (χ3v) is 2.92. The van der Waals surface area contributed by atoms with Crippen molar-refractivity contribution >= 4 is 17.3 Å². The molecule has 1 unspecified atom stereocenters. The van der Waals surface area contributed by atoms with Crippen LogP contribution in [0.5, 0.6) is 5.75 Å². The molecule has 106 valence electrons. The van der Waals surface area contributed by atoms with Crippen LogP contribution in [0.1, 0.15) is 18.5 Å². The maximum Gasteiger partial charge on any atom is 0.387 e. The Labute approximate surface area is 120 Å². The molecule has 0 saturated carbocycles. The quantitative estimate of drug-likeness (QED) is 0.825. The molecule has 1 N–H and O–H groups in total. The molecule has 0 aliphatic heterocycles. The lowest BCUT2D eigenvalue weighted by Crippen LogP contribution is -2.07. The fourth-order valence-electron chi connectivity index (χ4n) is 1.76. The van der Waals surface area contributed by atoms with E-state index in [-0.39, 0.29) is 11.8 Å². The zero-order valence-electron chi connectivity index (χ0n) is 10.7. The van der Waals surface area contributed by atoms with Crippen LogP contribution in [-0.4, -0.2) is 11.6 Å². The number of pyridine rings is 1. The Bertz CT molecular complexity index is 563. The Morgan fingerprint density at radius 1 is 1.20 bits per heavy atom. The molecule has 0 aliphatic rings. The largest absolute Gasteiger partial charge is 0.435 e. The second-order valence-corrected chi connectivity index (χ2v) is 4.57. The number of hydrogen-bond acceptors (Lipinski definition) is 3. The summed E-state index contributed by atoms with van der Waals surface area (Å²) in [5.74, 6) is 0.142. The van der Waals surface area contributed by atoms with Gasteiger partial charge in [-0.3, -0.25) is 0 Å². The predicted molar refractivity (Wildman–Crippen MR) is 74.4 cm³/mol. The van der Waals surface area contributed by atoms with E-state index in [2.05, 4.69) is 15.0 Å². The Kier molecular flexibility index (Phi) is 4.74. The highest BCUT2D eigenvalue weighted by atomic mass is 35.5. The lowest BCUT2D eigenvalue weighted by molar-refractivity contribution is -0.0498. The van der Waals surface area contributed by atoms with E-state index < -0.39 is 6.61 Å². The molecule has 0 amide bonds. The fraction of sp³-hybridized carbons (Fsp3) is 0.214. The van der Waals surface area contributed by atoms with Gasteiger partial charge in [-0.15, -0.1) is 0 Å². The van der Waals surface area contributed by atoms with Gasteiger partial charge in [0.2, 0.25) is 0 Å². The monoisotopic (exact) mass is 298 g/mol. The number of benzene rings is 1. The van der Waals surface area contributed by atoms with Crippen molar-refractivity contribution in [2.45, 2.75) is 19.6 Å². The van der Waals surface area contributed by atoms with Gasteiger partial charge in [-0.1, -0.05) is 23.7 Å². The van der Waals surface area contributed by atoms with Gasteiger partial charge in [0.25, 0.3) is 0 Å². The summed E-state index contributed by atoms with van der Waals surface area (Å²) in [5, 5.41) is 3.65. The molecule has 1 aromatic carbocycles. The lowest BCUT2D eigenvalue weighted by atomic mass is 10.1. The first-order chi connectivity index (χ1) is 9.54. The maximum atomic E-state index is 12.1. The summed E-state index contributed by atoms with van der Waals surface area (Å²) in [6, 6.07) is 10.0. The second kappa shape index (κ2) is 6.52. The van der Waals surface area contributed by atoms with Gasteiger partial charge in [0.1, 0.15) is 10.9 Å². The van der Waals surface area contributed by atoms with E-state index in [0.29, 0.717) is 5.15 Å². The van der Waals surface area contributed by atoms with E-state index in [1.54, 1.807) is 30.5 Å². The van der Waals surface area contributed by atoms with Gasteiger partial charge in [0, 0.05) is 17.9 Å². The normalized spacial score (nSPS) is 12.2. The average Bonchev–Trinajstić information content (AvgIpc) is 2.38. The summed E-state index contributed by atoms with van der Waals surface area (Å²) in [6.07, 6.45) is 1.61. The third kappa shape index (κ3) is 4.06. The van der Waals surface area contributed by atoms with Crippen LogP contribution in [0.2, 0.25) is 5.15 Å². The molecule has 1 atom stereocenters. The van der Waals surface area contributed by atoms with Gasteiger partial charge >= 0.3 is 6.61 Å². The van der Waals surface area contributed by atoms with Crippen LogP contribution < -0.4 is 10.1 Å². The molecule has 0 aliphatic carbocycles. The minimum absolute atomic E-state index is 0.00549. The van der Waals surface area contributed by atoms with Crippen molar-refractivity contribution in [3.05, 3.63) is 53.3 Å². The van der Waals surface area contributed by atoms with Crippen molar-refractivity contribution in [2.75, 3.05) is 5.32 Å². The molecule has 2 aromatic rings. The van der Waals surface area contributed by atoms with Crippen molar-refractivity contribution < 1.29 is 13.5 Å². The van der Waals surface area contributed by atoms with Gasteiger partial charge in [-0.2, -0.15) is 8.78 Å². The first kappa shape index (κ1) is 14.5. The molecule has 0 saturated heterocycles. The standard InChI is InChI=1S/C14H13ClF2N2O/c1-9(19-11-6-7-18-13(15)8-11)10-2-4-12(5-3-10)20-14(16)17/h2-9,14H,1H3,(H,18,19). The van der Waals surface area contributed by atoms with Crippen LogP contribution in [-0.2, 0) is 0 Å². The van der Waals surface area contributed by atoms with Crippen molar-refractivity contribution in [1.82, 2.24) is 4.98 Å². The van der Waals surface area contributed by atoms with E-state index in [1.807, 2.05) is 6.92 Å². The van der Waals surface area contributed by atoms with E-state index in [0.717, 1.165) is 11.3 Å². The molecule has 0 spiro atoms. The molecule has 6 heteroatoms. The zero-order valence-corrected chi connectivity index (χ0v) is 11.4. The molecule has 20 heavy (non-hydrogen) atoms. The van der Waals surface area contributed by atoms with Crippen LogP contribution in [0.4, 0.5) is 14.5 Å². The molecular formula is C14H13ClF2N2O. The van der Waals surface area contributed by atoms with Gasteiger partial charge < -0.3 is 10.1 Å². The smallest absolute Gasteiger partial charge is 0.387 e. The zero-order chi connectivity index (χ0) is 14.5. The number of halogens is 3.